The molecule has 0 bridgehead atoms. The number of amides is 1. The third-order valence-electron chi connectivity index (χ3n) is 3.30. The second-order valence-corrected chi connectivity index (χ2v) is 5.53. The van der Waals surface area contributed by atoms with Crippen molar-refractivity contribution < 1.29 is 14.7 Å². The van der Waals surface area contributed by atoms with E-state index in [2.05, 4.69) is 5.32 Å². The number of aryl methyl sites for hydroxylation is 1. The van der Waals surface area contributed by atoms with Crippen LogP contribution in [0.5, 0.6) is 0 Å². The Balaban J connectivity index is 2.52. The minimum absolute atomic E-state index is 0.0250. The lowest BCUT2D eigenvalue weighted by Crippen LogP contribution is -2.23. The van der Waals surface area contributed by atoms with E-state index >= 15 is 0 Å². The largest absolute Gasteiger partial charge is 0.481 e. The Kier molecular flexibility index (Phi) is 2.89. The van der Waals surface area contributed by atoms with Gasteiger partial charge in [-0.15, -0.1) is 0 Å². The summed E-state index contributed by atoms with van der Waals surface area (Å²) in [5.74, 6) is -0.859. The Bertz CT molecular complexity index is 532. The Hall–Kier alpha value is -1.84. The maximum absolute atomic E-state index is 11.5. The van der Waals surface area contributed by atoms with Crippen molar-refractivity contribution in [2.75, 3.05) is 5.32 Å². The van der Waals surface area contributed by atoms with Crippen LogP contribution in [-0.2, 0) is 21.4 Å². The first kappa shape index (κ1) is 12.6. The number of carboxylic acids is 1. The minimum atomic E-state index is -0.834. The van der Waals surface area contributed by atoms with Crippen molar-refractivity contribution in [3.8, 4) is 0 Å². The van der Waals surface area contributed by atoms with Crippen LogP contribution < -0.4 is 5.32 Å². The molecule has 1 aromatic rings. The van der Waals surface area contributed by atoms with E-state index in [0.29, 0.717) is 6.42 Å². The molecule has 2 rings (SSSR count). The highest BCUT2D eigenvalue weighted by atomic mass is 16.4. The van der Waals surface area contributed by atoms with Gasteiger partial charge in [0.15, 0.2) is 0 Å². The van der Waals surface area contributed by atoms with Gasteiger partial charge in [-0.2, -0.15) is 0 Å². The van der Waals surface area contributed by atoms with E-state index in [0.717, 1.165) is 22.4 Å². The maximum Gasteiger partial charge on any atom is 0.304 e. The van der Waals surface area contributed by atoms with E-state index in [1.807, 2.05) is 32.9 Å². The van der Waals surface area contributed by atoms with Crippen molar-refractivity contribution in [3.63, 3.8) is 0 Å². The summed E-state index contributed by atoms with van der Waals surface area (Å²) in [6.07, 6.45) is 0.423. The van der Waals surface area contributed by atoms with Crippen molar-refractivity contribution in [1.82, 2.24) is 0 Å². The summed E-state index contributed by atoms with van der Waals surface area (Å²) in [5.41, 5.74) is 3.23. The molecule has 0 fully saturated rings. The number of aliphatic carboxylic acids is 1. The number of fused-ring (bicyclic) bond motifs is 1. The van der Waals surface area contributed by atoms with Crippen LogP contribution in [-0.4, -0.2) is 17.0 Å². The highest BCUT2D eigenvalue weighted by Crippen LogP contribution is 2.38. The first-order chi connectivity index (χ1) is 8.29. The molecule has 96 valence electrons. The quantitative estimate of drug-likeness (QED) is 0.860. The van der Waals surface area contributed by atoms with E-state index in [1.54, 1.807) is 0 Å². The average Bonchev–Trinajstić information content (AvgIpc) is 2.54. The second kappa shape index (κ2) is 4.12. The summed E-state index contributed by atoms with van der Waals surface area (Å²) in [6.45, 7) is 5.74. The van der Waals surface area contributed by atoms with Gasteiger partial charge in [0, 0.05) is 11.1 Å². The number of hydrogen-bond acceptors (Lipinski definition) is 2. The highest BCUT2D eigenvalue weighted by molar-refractivity contribution is 6.00. The van der Waals surface area contributed by atoms with Crippen LogP contribution in [0.3, 0.4) is 0 Å². The molecular weight excluding hydrogens is 230 g/mol. The van der Waals surface area contributed by atoms with E-state index in [4.69, 9.17) is 5.11 Å². The smallest absolute Gasteiger partial charge is 0.304 e. The Morgan fingerprint density at radius 1 is 1.44 bits per heavy atom. The Morgan fingerprint density at radius 3 is 2.72 bits per heavy atom. The van der Waals surface area contributed by atoms with Gasteiger partial charge in [0.05, 0.1) is 12.8 Å². The number of rotatable bonds is 3. The summed E-state index contributed by atoms with van der Waals surface area (Å²) in [6, 6.07) is 3.95. The molecule has 18 heavy (non-hydrogen) atoms. The van der Waals surface area contributed by atoms with Crippen LogP contribution in [0, 0.1) is 6.92 Å². The number of carbonyl (C=O) groups excluding carboxylic acids is 1. The summed E-state index contributed by atoms with van der Waals surface area (Å²) in [5, 5.41) is 11.8. The topological polar surface area (TPSA) is 66.4 Å². The molecule has 0 radical (unpaired) electrons. The van der Waals surface area contributed by atoms with Gasteiger partial charge in [-0.05, 0) is 18.1 Å². The third-order valence-corrected chi connectivity index (χ3v) is 3.30. The van der Waals surface area contributed by atoms with Gasteiger partial charge in [-0.3, -0.25) is 9.59 Å². The average molecular weight is 247 g/mol. The SMILES string of the molecule is Cc1cc2c(c(C(C)(C)CC(=O)O)c1)NC(=O)C2. The summed E-state index contributed by atoms with van der Waals surface area (Å²) in [4.78, 5) is 22.4. The zero-order valence-corrected chi connectivity index (χ0v) is 10.8. The van der Waals surface area contributed by atoms with E-state index < -0.39 is 11.4 Å². The molecule has 2 N–H and O–H groups in total. The fraction of sp³-hybridized carbons (Fsp3) is 0.429. The van der Waals surface area contributed by atoms with Gasteiger partial charge in [0.25, 0.3) is 0 Å². The van der Waals surface area contributed by atoms with Gasteiger partial charge in [0.2, 0.25) is 5.91 Å². The van der Waals surface area contributed by atoms with Crippen molar-refractivity contribution >= 4 is 17.6 Å². The first-order valence-electron chi connectivity index (χ1n) is 5.95. The molecule has 0 unspecified atom stereocenters. The van der Waals surface area contributed by atoms with Crippen molar-refractivity contribution in [2.24, 2.45) is 0 Å². The molecule has 1 amide bonds. The molecule has 0 atom stereocenters. The highest BCUT2D eigenvalue weighted by Gasteiger charge is 2.31. The molecule has 1 heterocycles. The summed E-state index contributed by atoms with van der Waals surface area (Å²) < 4.78 is 0. The molecule has 0 saturated heterocycles. The number of carbonyl (C=O) groups is 2. The normalized spacial score (nSPS) is 14.3. The molecule has 0 spiro atoms. The predicted octanol–water partition coefficient (Wildman–Crippen LogP) is 2.24. The van der Waals surface area contributed by atoms with Gasteiger partial charge < -0.3 is 10.4 Å². The van der Waals surface area contributed by atoms with Gasteiger partial charge in [0.1, 0.15) is 0 Å². The van der Waals surface area contributed by atoms with E-state index in [-0.39, 0.29) is 12.3 Å². The Morgan fingerprint density at radius 2 is 2.11 bits per heavy atom. The predicted molar refractivity (Wildman–Crippen MR) is 68.8 cm³/mol. The van der Waals surface area contributed by atoms with Crippen LogP contribution in [0.25, 0.3) is 0 Å². The lowest BCUT2D eigenvalue weighted by molar-refractivity contribution is -0.138. The number of nitrogens with one attached hydrogen (secondary N) is 1. The van der Waals surface area contributed by atoms with Crippen LogP contribution in [0.1, 0.15) is 37.0 Å². The van der Waals surface area contributed by atoms with E-state index in [1.165, 1.54) is 0 Å². The van der Waals surface area contributed by atoms with Crippen molar-refractivity contribution in [2.45, 2.75) is 39.0 Å². The van der Waals surface area contributed by atoms with Crippen LogP contribution in [0.4, 0.5) is 5.69 Å². The van der Waals surface area contributed by atoms with E-state index in [9.17, 15) is 9.59 Å². The number of benzene rings is 1. The lowest BCUT2D eigenvalue weighted by atomic mass is 9.79. The number of anilines is 1. The first-order valence-corrected chi connectivity index (χ1v) is 5.95. The van der Waals surface area contributed by atoms with Gasteiger partial charge >= 0.3 is 5.97 Å². The number of carboxylic acid groups (broad SMARTS) is 1. The molecular formula is C14H17NO3. The van der Waals surface area contributed by atoms with Crippen LogP contribution >= 0.6 is 0 Å². The monoisotopic (exact) mass is 247 g/mol. The summed E-state index contributed by atoms with van der Waals surface area (Å²) >= 11 is 0. The van der Waals surface area contributed by atoms with Gasteiger partial charge in [-0.25, -0.2) is 0 Å². The summed E-state index contributed by atoms with van der Waals surface area (Å²) in [7, 11) is 0. The van der Waals surface area contributed by atoms with Crippen LogP contribution in [0.2, 0.25) is 0 Å². The molecule has 1 aromatic carbocycles. The zero-order chi connectivity index (χ0) is 13.5. The zero-order valence-electron chi connectivity index (χ0n) is 10.8. The molecule has 4 nitrogen and oxygen atoms in total. The third kappa shape index (κ3) is 2.23. The van der Waals surface area contributed by atoms with Crippen molar-refractivity contribution in [3.05, 3.63) is 28.8 Å². The minimum Gasteiger partial charge on any atom is -0.481 e. The maximum atomic E-state index is 11.5. The molecule has 0 aliphatic carbocycles. The second-order valence-electron chi connectivity index (χ2n) is 5.53. The fourth-order valence-corrected chi connectivity index (χ4v) is 2.51. The molecule has 4 heteroatoms. The van der Waals surface area contributed by atoms with Crippen LogP contribution in [0.15, 0.2) is 12.1 Å². The van der Waals surface area contributed by atoms with Gasteiger partial charge in [-0.1, -0.05) is 31.5 Å². The lowest BCUT2D eigenvalue weighted by Gasteiger charge is -2.26. The molecule has 0 aromatic heterocycles. The standard InChI is InChI=1S/C14H17NO3/c1-8-4-9-6-11(16)15-13(9)10(5-8)14(2,3)7-12(17)18/h4-5H,6-7H2,1-3H3,(H,15,16)(H,17,18). The molecule has 1 aliphatic heterocycles. The van der Waals surface area contributed by atoms with Crippen molar-refractivity contribution in [1.29, 1.82) is 0 Å². The molecule has 0 saturated carbocycles. The number of hydrogen-bond donors (Lipinski definition) is 2. The fourth-order valence-electron chi connectivity index (χ4n) is 2.51. The Labute approximate surface area is 106 Å². The molecule has 1 aliphatic rings.